The molecule has 1 amide bonds. The molecule has 0 aliphatic carbocycles. The number of hydrogen-bond acceptors (Lipinski definition) is 5. The van der Waals surface area contributed by atoms with Gasteiger partial charge < -0.3 is 19.8 Å². The number of fused-ring (bicyclic) bond motifs is 3. The summed E-state index contributed by atoms with van der Waals surface area (Å²) >= 11 is 0. The molecule has 2 aromatic carbocycles. The molecule has 0 atom stereocenters. The number of aromatic amines is 1. The van der Waals surface area contributed by atoms with Crippen LogP contribution in [0.5, 0.6) is 11.5 Å². The number of hydrogen-bond donors (Lipinski definition) is 2. The second-order valence-corrected chi connectivity index (χ2v) is 7.54. The molecule has 0 fully saturated rings. The number of pyridine rings is 1. The van der Waals surface area contributed by atoms with Gasteiger partial charge in [-0.05, 0) is 31.2 Å². The maximum Gasteiger partial charge on any atom is 0.238 e. The minimum absolute atomic E-state index is 0.0540. The van der Waals surface area contributed by atoms with Gasteiger partial charge in [0.2, 0.25) is 12.7 Å². The lowest BCUT2D eigenvalue weighted by Crippen LogP contribution is -2.39. The Kier molecular flexibility index (Phi) is 4.24. The Morgan fingerprint density at radius 1 is 1.17 bits per heavy atom. The Labute approximate surface area is 167 Å². The van der Waals surface area contributed by atoms with Gasteiger partial charge in [-0.15, -0.1) is 0 Å². The molecule has 148 valence electrons. The smallest absolute Gasteiger partial charge is 0.238 e. The van der Waals surface area contributed by atoms with Crippen LogP contribution >= 0.6 is 0 Å². The van der Waals surface area contributed by atoms with E-state index in [0.29, 0.717) is 35.5 Å². The molecule has 0 unspecified atom stereocenters. The number of carbonyl (C=O) groups is 1. The summed E-state index contributed by atoms with van der Waals surface area (Å²) in [5, 5.41) is 3.60. The van der Waals surface area contributed by atoms with Crippen LogP contribution in [0.1, 0.15) is 16.8 Å². The van der Waals surface area contributed by atoms with Crippen molar-refractivity contribution in [3.05, 3.63) is 63.4 Å². The van der Waals surface area contributed by atoms with E-state index in [1.807, 2.05) is 30.0 Å². The first-order chi connectivity index (χ1) is 14.1. The molecular weight excluding hydrogens is 370 g/mol. The summed E-state index contributed by atoms with van der Waals surface area (Å²) in [6.07, 6.45) is 0.714. The van der Waals surface area contributed by atoms with Crippen molar-refractivity contribution in [3.8, 4) is 11.5 Å². The van der Waals surface area contributed by atoms with Gasteiger partial charge in [0.1, 0.15) is 0 Å². The standard InChI is InChI=1S/C22H21N3O4/c1-13-2-4-17-15(8-13)22(27)16-10-25(7-6-18(16)24-17)11-21(26)23-14-3-5-19-20(9-14)29-12-28-19/h2-5,8-9H,6-7,10-12H2,1H3,(H,23,26)(H,24,27). The van der Waals surface area contributed by atoms with Crippen molar-refractivity contribution in [2.24, 2.45) is 0 Å². The molecule has 3 aromatic rings. The monoisotopic (exact) mass is 391 g/mol. The van der Waals surface area contributed by atoms with Gasteiger partial charge in [-0.3, -0.25) is 14.5 Å². The second kappa shape index (κ2) is 6.93. The quantitative estimate of drug-likeness (QED) is 0.717. The van der Waals surface area contributed by atoms with Crippen molar-refractivity contribution in [2.75, 3.05) is 25.2 Å². The van der Waals surface area contributed by atoms with Crippen molar-refractivity contribution < 1.29 is 14.3 Å². The zero-order chi connectivity index (χ0) is 20.0. The Balaban J connectivity index is 1.31. The van der Waals surface area contributed by atoms with E-state index >= 15 is 0 Å². The Morgan fingerprint density at radius 2 is 2.03 bits per heavy atom. The van der Waals surface area contributed by atoms with Crippen LogP contribution in [0.3, 0.4) is 0 Å². The van der Waals surface area contributed by atoms with E-state index in [9.17, 15) is 9.59 Å². The average Bonchev–Trinajstić information content (AvgIpc) is 3.17. The Hall–Kier alpha value is -3.32. The molecule has 29 heavy (non-hydrogen) atoms. The third kappa shape index (κ3) is 3.34. The molecule has 7 nitrogen and oxygen atoms in total. The highest BCUT2D eigenvalue weighted by molar-refractivity contribution is 5.92. The van der Waals surface area contributed by atoms with Gasteiger partial charge >= 0.3 is 0 Å². The molecule has 7 heteroatoms. The zero-order valence-corrected chi connectivity index (χ0v) is 16.1. The number of benzene rings is 2. The van der Waals surface area contributed by atoms with Gasteiger partial charge in [-0.25, -0.2) is 0 Å². The molecule has 2 aliphatic rings. The molecule has 0 saturated heterocycles. The highest BCUT2D eigenvalue weighted by atomic mass is 16.7. The van der Waals surface area contributed by atoms with Crippen LogP contribution < -0.4 is 20.2 Å². The first-order valence-corrected chi connectivity index (χ1v) is 9.63. The van der Waals surface area contributed by atoms with E-state index in [1.54, 1.807) is 18.2 Å². The van der Waals surface area contributed by atoms with Crippen LogP contribution in [0.25, 0.3) is 10.9 Å². The molecule has 2 aliphatic heterocycles. The fourth-order valence-electron chi connectivity index (χ4n) is 3.96. The number of carbonyl (C=O) groups excluding carboxylic acids is 1. The minimum Gasteiger partial charge on any atom is -0.454 e. The van der Waals surface area contributed by atoms with Crippen molar-refractivity contribution >= 4 is 22.5 Å². The predicted molar refractivity (Wildman–Crippen MR) is 109 cm³/mol. The van der Waals surface area contributed by atoms with Crippen LogP contribution in [0, 0.1) is 6.92 Å². The van der Waals surface area contributed by atoms with Crippen molar-refractivity contribution in [1.82, 2.24) is 9.88 Å². The van der Waals surface area contributed by atoms with E-state index in [0.717, 1.165) is 28.9 Å². The predicted octanol–water partition coefficient (Wildman–Crippen LogP) is 2.56. The molecule has 0 radical (unpaired) electrons. The third-order valence-corrected chi connectivity index (χ3v) is 5.43. The summed E-state index contributed by atoms with van der Waals surface area (Å²) in [6, 6.07) is 11.2. The number of H-pyrrole nitrogens is 1. The maximum absolute atomic E-state index is 13.0. The number of aromatic nitrogens is 1. The van der Waals surface area contributed by atoms with E-state index in [2.05, 4.69) is 10.3 Å². The van der Waals surface area contributed by atoms with Gasteiger partial charge in [0, 0.05) is 53.4 Å². The molecular formula is C22H21N3O4. The van der Waals surface area contributed by atoms with Gasteiger partial charge in [0.15, 0.2) is 16.9 Å². The molecule has 0 saturated carbocycles. The van der Waals surface area contributed by atoms with Crippen LogP contribution in [-0.4, -0.2) is 35.7 Å². The van der Waals surface area contributed by atoms with Crippen LogP contribution in [-0.2, 0) is 17.8 Å². The summed E-state index contributed by atoms with van der Waals surface area (Å²) < 4.78 is 10.6. The van der Waals surface area contributed by atoms with Gasteiger partial charge in [0.05, 0.1) is 6.54 Å². The summed E-state index contributed by atoms with van der Waals surface area (Å²) in [6.45, 7) is 3.57. The van der Waals surface area contributed by atoms with Gasteiger partial charge in [-0.2, -0.15) is 0 Å². The third-order valence-electron chi connectivity index (χ3n) is 5.43. The van der Waals surface area contributed by atoms with Crippen molar-refractivity contribution in [2.45, 2.75) is 19.9 Å². The lowest BCUT2D eigenvalue weighted by molar-refractivity contribution is -0.117. The Bertz CT molecular complexity index is 1180. The molecule has 3 heterocycles. The Morgan fingerprint density at radius 3 is 2.93 bits per heavy atom. The van der Waals surface area contributed by atoms with Crippen molar-refractivity contribution in [1.29, 1.82) is 0 Å². The van der Waals surface area contributed by atoms with Gasteiger partial charge in [-0.1, -0.05) is 11.6 Å². The summed E-state index contributed by atoms with van der Waals surface area (Å²) in [7, 11) is 0. The fourth-order valence-corrected chi connectivity index (χ4v) is 3.96. The zero-order valence-electron chi connectivity index (χ0n) is 16.1. The molecule has 1 aromatic heterocycles. The van der Waals surface area contributed by atoms with E-state index < -0.39 is 0 Å². The first-order valence-electron chi connectivity index (χ1n) is 9.63. The van der Waals surface area contributed by atoms with E-state index in [4.69, 9.17) is 9.47 Å². The van der Waals surface area contributed by atoms with Crippen LogP contribution in [0.15, 0.2) is 41.2 Å². The van der Waals surface area contributed by atoms with E-state index in [1.165, 1.54) is 0 Å². The highest BCUT2D eigenvalue weighted by Crippen LogP contribution is 2.34. The molecule has 0 bridgehead atoms. The van der Waals surface area contributed by atoms with Crippen LogP contribution in [0.4, 0.5) is 5.69 Å². The first kappa shape index (κ1) is 17.8. The number of amides is 1. The normalized spacial score (nSPS) is 15.3. The molecule has 0 spiro atoms. The number of nitrogens with one attached hydrogen (secondary N) is 2. The largest absolute Gasteiger partial charge is 0.454 e. The maximum atomic E-state index is 13.0. The van der Waals surface area contributed by atoms with Crippen LogP contribution in [0.2, 0.25) is 0 Å². The van der Waals surface area contributed by atoms with Gasteiger partial charge in [0.25, 0.3) is 0 Å². The number of aryl methyl sites for hydroxylation is 1. The molecule has 5 rings (SSSR count). The minimum atomic E-state index is -0.125. The topological polar surface area (TPSA) is 83.7 Å². The fraction of sp³-hybridized carbons (Fsp3) is 0.273. The average molecular weight is 391 g/mol. The lowest BCUT2D eigenvalue weighted by Gasteiger charge is -2.27. The summed E-state index contributed by atoms with van der Waals surface area (Å²) in [4.78, 5) is 30.9. The second-order valence-electron chi connectivity index (χ2n) is 7.54. The molecule has 2 N–H and O–H groups in total. The SMILES string of the molecule is Cc1ccc2[nH]c3c(c(=O)c2c1)CN(CC(=O)Nc1ccc2c(c1)OCO2)CC3. The summed E-state index contributed by atoms with van der Waals surface area (Å²) in [5.74, 6) is 1.18. The van der Waals surface area contributed by atoms with E-state index in [-0.39, 0.29) is 24.7 Å². The number of ether oxygens (including phenoxy) is 2. The number of nitrogens with zero attached hydrogens (tertiary/aromatic N) is 1. The number of rotatable bonds is 3. The van der Waals surface area contributed by atoms with Crippen molar-refractivity contribution in [3.63, 3.8) is 0 Å². The summed E-state index contributed by atoms with van der Waals surface area (Å²) in [5.41, 5.74) is 4.37. The lowest BCUT2D eigenvalue weighted by atomic mass is 10.0. The number of anilines is 1. The highest BCUT2D eigenvalue weighted by Gasteiger charge is 2.23.